The maximum Gasteiger partial charge on any atom is 0.313 e. The molecule has 2 amide bonds. The number of carbonyl (C=O) groups is 2. The largest absolute Gasteiger partial charge is 0.348 e. The molecule has 156 valence electrons. The van der Waals surface area contributed by atoms with Crippen LogP contribution >= 0.6 is 22.9 Å². The summed E-state index contributed by atoms with van der Waals surface area (Å²) in [6.45, 7) is 0.684. The van der Waals surface area contributed by atoms with Crippen LogP contribution in [-0.2, 0) is 19.6 Å². The van der Waals surface area contributed by atoms with Gasteiger partial charge >= 0.3 is 11.8 Å². The van der Waals surface area contributed by atoms with Crippen LogP contribution in [0.2, 0.25) is 5.02 Å². The lowest BCUT2D eigenvalue weighted by Crippen LogP contribution is -2.45. The maximum absolute atomic E-state index is 12.9. The second kappa shape index (κ2) is 9.71. The molecule has 1 aromatic carbocycles. The average Bonchev–Trinajstić information content (AvgIpc) is 3.26. The van der Waals surface area contributed by atoms with Gasteiger partial charge in [-0.3, -0.25) is 9.59 Å². The highest BCUT2D eigenvalue weighted by molar-refractivity contribution is 7.91. The SMILES string of the molecule is O=C(NCC[C@H]1CCCCN1S(=O)(=O)c1cccs1)C(=O)Nc1ccc(Cl)cc1. The van der Waals surface area contributed by atoms with Crippen molar-refractivity contribution in [2.45, 2.75) is 35.9 Å². The number of carbonyl (C=O) groups excluding carboxylic acids is 2. The second-order valence-corrected chi connectivity index (χ2v) is 10.2. The zero-order valence-electron chi connectivity index (χ0n) is 15.6. The van der Waals surface area contributed by atoms with E-state index in [1.54, 1.807) is 41.8 Å². The Labute approximate surface area is 179 Å². The molecular weight excluding hydrogens is 434 g/mol. The monoisotopic (exact) mass is 455 g/mol. The Morgan fingerprint density at radius 2 is 1.90 bits per heavy atom. The Morgan fingerprint density at radius 3 is 2.59 bits per heavy atom. The molecule has 2 N–H and O–H groups in total. The van der Waals surface area contributed by atoms with Crippen molar-refractivity contribution < 1.29 is 18.0 Å². The van der Waals surface area contributed by atoms with Crippen molar-refractivity contribution >= 4 is 50.5 Å². The van der Waals surface area contributed by atoms with Crippen LogP contribution in [0.1, 0.15) is 25.7 Å². The van der Waals surface area contributed by atoms with E-state index < -0.39 is 21.8 Å². The molecule has 1 saturated heterocycles. The molecule has 1 aliphatic heterocycles. The third kappa shape index (κ3) is 5.57. The standard InChI is InChI=1S/C19H22ClN3O4S2/c20-14-6-8-15(9-7-14)22-19(25)18(24)21-11-10-16-4-1-2-12-23(16)29(26,27)17-5-3-13-28-17/h3,5-9,13,16H,1-2,4,10-12H2,(H,21,24)(H,22,25)/t16-/m1/s1. The fourth-order valence-corrected chi connectivity index (χ4v) is 6.23. The van der Waals surface area contributed by atoms with Crippen LogP contribution in [0.3, 0.4) is 0 Å². The molecule has 3 rings (SSSR count). The highest BCUT2D eigenvalue weighted by Crippen LogP contribution is 2.29. The van der Waals surface area contributed by atoms with Crippen molar-refractivity contribution in [3.63, 3.8) is 0 Å². The van der Waals surface area contributed by atoms with Crippen molar-refractivity contribution in [1.29, 1.82) is 0 Å². The van der Waals surface area contributed by atoms with Crippen LogP contribution in [0.15, 0.2) is 46.0 Å². The summed E-state index contributed by atoms with van der Waals surface area (Å²) in [5, 5.41) is 7.34. The number of hydrogen-bond acceptors (Lipinski definition) is 5. The second-order valence-electron chi connectivity index (χ2n) is 6.70. The van der Waals surface area contributed by atoms with E-state index in [1.165, 1.54) is 15.6 Å². The summed E-state index contributed by atoms with van der Waals surface area (Å²) in [6.07, 6.45) is 2.94. The van der Waals surface area contributed by atoms with E-state index in [9.17, 15) is 18.0 Å². The number of halogens is 1. The fourth-order valence-electron chi connectivity index (χ4n) is 3.26. The molecule has 0 bridgehead atoms. The van der Waals surface area contributed by atoms with Gasteiger partial charge in [-0.2, -0.15) is 4.31 Å². The molecule has 0 aliphatic carbocycles. The van der Waals surface area contributed by atoms with Gasteiger partial charge in [0.15, 0.2) is 0 Å². The minimum Gasteiger partial charge on any atom is -0.348 e. The van der Waals surface area contributed by atoms with Crippen molar-refractivity contribution in [2.75, 3.05) is 18.4 Å². The van der Waals surface area contributed by atoms with E-state index in [2.05, 4.69) is 10.6 Å². The molecule has 2 aromatic rings. The van der Waals surface area contributed by atoms with Crippen molar-refractivity contribution in [3.8, 4) is 0 Å². The van der Waals surface area contributed by atoms with E-state index in [4.69, 9.17) is 11.6 Å². The summed E-state index contributed by atoms with van der Waals surface area (Å²) in [7, 11) is -3.53. The Hall–Kier alpha value is -1.94. The van der Waals surface area contributed by atoms with Gasteiger partial charge in [-0.25, -0.2) is 8.42 Å². The quantitative estimate of drug-likeness (QED) is 0.654. The molecule has 7 nitrogen and oxygen atoms in total. The molecule has 29 heavy (non-hydrogen) atoms. The van der Waals surface area contributed by atoms with Crippen LogP contribution in [0.25, 0.3) is 0 Å². The first-order chi connectivity index (χ1) is 13.9. The number of piperidine rings is 1. The van der Waals surface area contributed by atoms with Crippen LogP contribution in [0, 0.1) is 0 Å². The Balaban J connectivity index is 1.53. The van der Waals surface area contributed by atoms with Crippen molar-refractivity contribution in [2.24, 2.45) is 0 Å². The molecule has 10 heteroatoms. The van der Waals surface area contributed by atoms with E-state index in [0.29, 0.717) is 27.9 Å². The van der Waals surface area contributed by atoms with E-state index >= 15 is 0 Å². The first-order valence-corrected chi connectivity index (χ1v) is 12.0. The predicted molar refractivity (Wildman–Crippen MR) is 114 cm³/mol. The smallest absolute Gasteiger partial charge is 0.313 e. The molecule has 0 saturated carbocycles. The first-order valence-electron chi connectivity index (χ1n) is 9.28. The van der Waals surface area contributed by atoms with Crippen LogP contribution in [0.5, 0.6) is 0 Å². The van der Waals surface area contributed by atoms with Crippen molar-refractivity contribution in [3.05, 3.63) is 46.8 Å². The zero-order chi connectivity index (χ0) is 20.9. The Morgan fingerprint density at radius 1 is 1.14 bits per heavy atom. The Kier molecular flexibility index (Phi) is 7.28. The minimum atomic E-state index is -3.53. The third-order valence-corrected chi connectivity index (χ3v) is 8.28. The summed E-state index contributed by atoms with van der Waals surface area (Å²) >= 11 is 6.99. The molecule has 2 heterocycles. The highest BCUT2D eigenvalue weighted by atomic mass is 35.5. The predicted octanol–water partition coefficient (Wildman–Crippen LogP) is 3.09. The Bertz CT molecular complexity index is 946. The number of benzene rings is 1. The lowest BCUT2D eigenvalue weighted by atomic mass is 10.0. The van der Waals surface area contributed by atoms with Crippen LogP contribution in [0.4, 0.5) is 5.69 Å². The molecular formula is C19H22ClN3O4S2. The van der Waals surface area contributed by atoms with Gasteiger partial charge in [-0.1, -0.05) is 24.1 Å². The van der Waals surface area contributed by atoms with Crippen molar-refractivity contribution in [1.82, 2.24) is 9.62 Å². The van der Waals surface area contributed by atoms with Gasteiger partial charge in [0.2, 0.25) is 0 Å². The highest BCUT2D eigenvalue weighted by Gasteiger charge is 2.33. The lowest BCUT2D eigenvalue weighted by Gasteiger charge is -2.34. The summed E-state index contributed by atoms with van der Waals surface area (Å²) in [4.78, 5) is 24.0. The van der Waals surface area contributed by atoms with Gasteiger partial charge in [0.1, 0.15) is 4.21 Å². The number of sulfonamides is 1. The van der Waals surface area contributed by atoms with Gasteiger partial charge in [0, 0.05) is 29.8 Å². The minimum absolute atomic E-state index is 0.199. The molecule has 1 aliphatic rings. The molecule has 0 radical (unpaired) electrons. The molecule has 0 spiro atoms. The summed E-state index contributed by atoms with van der Waals surface area (Å²) in [5.41, 5.74) is 0.468. The van der Waals surface area contributed by atoms with Crippen LogP contribution < -0.4 is 10.6 Å². The number of rotatable bonds is 6. The number of nitrogens with zero attached hydrogens (tertiary/aromatic N) is 1. The van der Waals surface area contributed by atoms with E-state index in [-0.39, 0.29) is 12.6 Å². The van der Waals surface area contributed by atoms with E-state index in [1.807, 2.05) is 0 Å². The van der Waals surface area contributed by atoms with Gasteiger partial charge in [-0.05, 0) is 55.0 Å². The summed E-state index contributed by atoms with van der Waals surface area (Å²) in [6, 6.07) is 9.55. The fraction of sp³-hybridized carbons (Fsp3) is 0.368. The number of thiophene rings is 1. The topological polar surface area (TPSA) is 95.6 Å². The maximum atomic E-state index is 12.9. The van der Waals surface area contributed by atoms with Gasteiger partial charge < -0.3 is 10.6 Å². The van der Waals surface area contributed by atoms with Crippen LogP contribution in [-0.4, -0.2) is 43.7 Å². The molecule has 1 fully saturated rings. The summed E-state index contributed by atoms with van der Waals surface area (Å²) < 4.78 is 27.6. The lowest BCUT2D eigenvalue weighted by molar-refractivity contribution is -0.136. The van der Waals surface area contributed by atoms with Gasteiger partial charge in [-0.15, -0.1) is 11.3 Å². The summed E-state index contributed by atoms with van der Waals surface area (Å²) in [5.74, 6) is -1.54. The zero-order valence-corrected chi connectivity index (χ0v) is 18.0. The number of nitrogens with one attached hydrogen (secondary N) is 2. The first kappa shape index (κ1) is 21.8. The molecule has 0 unspecified atom stereocenters. The van der Waals surface area contributed by atoms with Gasteiger partial charge in [0.25, 0.3) is 10.0 Å². The van der Waals surface area contributed by atoms with Gasteiger partial charge in [0.05, 0.1) is 0 Å². The third-order valence-electron chi connectivity index (χ3n) is 4.70. The average molecular weight is 456 g/mol. The molecule has 1 aromatic heterocycles. The van der Waals surface area contributed by atoms with E-state index in [0.717, 1.165) is 19.3 Å². The number of amides is 2. The number of hydrogen-bond donors (Lipinski definition) is 2. The molecule has 1 atom stereocenters. The number of anilines is 1. The normalized spacial score (nSPS) is 17.6.